The number of nitrogens with one attached hydrogen (secondary N) is 2. The Morgan fingerprint density at radius 3 is 2.52 bits per heavy atom. The summed E-state index contributed by atoms with van der Waals surface area (Å²) in [6.45, 7) is 11.9. The van der Waals surface area contributed by atoms with E-state index in [9.17, 15) is 13.2 Å². The van der Waals surface area contributed by atoms with Crippen molar-refractivity contribution in [1.29, 1.82) is 0 Å². The minimum Gasteiger partial charge on any atom is -0.379 e. The standard InChI is InChI=1S/C22H34N4O4S/c1-15(2)13-17(26-9-11-30-12-10-26)14-23-22(27)20(16(3)4)24-21-18-7-5-6-8-19(18)31(28,29)25-21/h5-8,15-17,20H,9-14H2,1-4H3,(H,23,27)(H,24,25)/t17-,20-/m0/s1. The van der Waals surface area contributed by atoms with Crippen LogP contribution in [-0.2, 0) is 19.6 Å². The van der Waals surface area contributed by atoms with Crippen LogP contribution in [0.3, 0.4) is 0 Å². The lowest BCUT2D eigenvalue weighted by atomic mass is 10.0. The smallest absolute Gasteiger partial charge is 0.263 e. The van der Waals surface area contributed by atoms with Crippen molar-refractivity contribution in [2.45, 2.75) is 51.1 Å². The van der Waals surface area contributed by atoms with Crippen molar-refractivity contribution in [1.82, 2.24) is 14.9 Å². The van der Waals surface area contributed by atoms with Crippen LogP contribution in [0.15, 0.2) is 34.2 Å². The molecule has 2 heterocycles. The van der Waals surface area contributed by atoms with Gasteiger partial charge >= 0.3 is 0 Å². The first kappa shape index (κ1) is 23.7. The number of nitrogens with zero attached hydrogens (tertiary/aromatic N) is 2. The number of aliphatic imine (C=N–C) groups is 1. The van der Waals surface area contributed by atoms with Gasteiger partial charge in [-0.3, -0.25) is 19.4 Å². The molecule has 2 aliphatic rings. The van der Waals surface area contributed by atoms with Crippen LogP contribution in [-0.4, -0.2) is 70.0 Å². The van der Waals surface area contributed by atoms with Crippen LogP contribution < -0.4 is 10.0 Å². The van der Waals surface area contributed by atoms with Crippen molar-refractivity contribution in [3.05, 3.63) is 29.8 Å². The van der Waals surface area contributed by atoms with Gasteiger partial charge in [0, 0.05) is 31.2 Å². The molecule has 0 radical (unpaired) electrons. The summed E-state index contributed by atoms with van der Waals surface area (Å²) in [6, 6.07) is 6.24. The largest absolute Gasteiger partial charge is 0.379 e. The number of benzene rings is 1. The van der Waals surface area contributed by atoms with Gasteiger partial charge in [0.05, 0.1) is 18.1 Å². The first-order valence-corrected chi connectivity index (χ1v) is 12.5. The first-order valence-electron chi connectivity index (χ1n) is 11.0. The maximum absolute atomic E-state index is 13.1. The Labute approximate surface area is 185 Å². The molecule has 2 N–H and O–H groups in total. The lowest BCUT2D eigenvalue weighted by molar-refractivity contribution is -0.123. The highest BCUT2D eigenvalue weighted by Crippen LogP contribution is 2.23. The summed E-state index contributed by atoms with van der Waals surface area (Å²) in [6.07, 6.45) is 0.980. The molecule has 2 aliphatic heterocycles. The second-order valence-corrected chi connectivity index (χ2v) is 10.6. The lowest BCUT2D eigenvalue weighted by Crippen LogP contribution is -2.50. The number of sulfonamides is 1. The molecular formula is C22H34N4O4S. The molecule has 0 saturated carbocycles. The number of hydrogen-bond donors (Lipinski definition) is 2. The van der Waals surface area contributed by atoms with E-state index in [-0.39, 0.29) is 28.6 Å². The fourth-order valence-corrected chi connectivity index (χ4v) is 5.29. The Morgan fingerprint density at radius 1 is 1.19 bits per heavy atom. The van der Waals surface area contributed by atoms with Crippen LogP contribution in [0.2, 0.25) is 0 Å². The molecule has 8 nitrogen and oxygen atoms in total. The third-order valence-corrected chi connectivity index (χ3v) is 7.05. The number of fused-ring (bicyclic) bond motifs is 1. The number of rotatable bonds is 8. The van der Waals surface area contributed by atoms with Crippen molar-refractivity contribution in [3.8, 4) is 0 Å². The fraction of sp³-hybridized carbons (Fsp3) is 0.636. The normalized spacial score (nSPS) is 21.7. The molecular weight excluding hydrogens is 416 g/mol. The highest BCUT2D eigenvalue weighted by atomic mass is 32.2. The minimum atomic E-state index is -3.64. The third-order valence-electron chi connectivity index (χ3n) is 5.65. The van der Waals surface area contributed by atoms with Crippen LogP contribution in [0.1, 0.15) is 39.7 Å². The van der Waals surface area contributed by atoms with Gasteiger partial charge in [-0.2, -0.15) is 0 Å². The zero-order valence-electron chi connectivity index (χ0n) is 18.8. The molecule has 1 fully saturated rings. The second kappa shape index (κ2) is 10.1. The van der Waals surface area contributed by atoms with Gasteiger partial charge in [-0.1, -0.05) is 39.8 Å². The third kappa shape index (κ3) is 5.84. The van der Waals surface area contributed by atoms with E-state index in [1.165, 1.54) is 0 Å². The SMILES string of the molecule is CC(C)C[C@@H](CNC(=O)[C@@H](N=C1NS(=O)(=O)c2ccccc21)C(C)C)N1CCOCC1. The minimum absolute atomic E-state index is 0.0864. The number of morpholine rings is 1. The number of carbonyl (C=O) groups is 1. The quantitative estimate of drug-likeness (QED) is 0.627. The summed E-state index contributed by atoms with van der Waals surface area (Å²) in [5, 5.41) is 3.08. The summed E-state index contributed by atoms with van der Waals surface area (Å²) in [4.78, 5) is 20.2. The number of carbonyl (C=O) groups excluding carboxylic acids is 1. The summed E-state index contributed by atoms with van der Waals surface area (Å²) in [7, 11) is -3.64. The number of ether oxygens (including phenoxy) is 1. The van der Waals surface area contributed by atoms with Crippen molar-refractivity contribution < 1.29 is 17.9 Å². The van der Waals surface area contributed by atoms with E-state index < -0.39 is 16.1 Å². The van der Waals surface area contributed by atoms with Crippen LogP contribution >= 0.6 is 0 Å². The molecule has 9 heteroatoms. The van der Waals surface area contributed by atoms with Crippen LogP contribution in [0.25, 0.3) is 0 Å². The maximum Gasteiger partial charge on any atom is 0.263 e. The van der Waals surface area contributed by atoms with Gasteiger partial charge < -0.3 is 10.1 Å². The molecule has 1 saturated heterocycles. The van der Waals surface area contributed by atoms with Gasteiger partial charge in [-0.25, -0.2) is 8.42 Å². The number of amides is 1. The summed E-state index contributed by atoms with van der Waals surface area (Å²) in [5.41, 5.74) is 0.506. The van der Waals surface area contributed by atoms with Gasteiger partial charge in [-0.15, -0.1) is 0 Å². The van der Waals surface area contributed by atoms with E-state index in [1.54, 1.807) is 24.3 Å². The number of hydrogen-bond acceptors (Lipinski definition) is 6. The highest BCUT2D eigenvalue weighted by molar-refractivity contribution is 7.90. The molecule has 1 aromatic carbocycles. The zero-order valence-corrected chi connectivity index (χ0v) is 19.6. The molecule has 0 spiro atoms. The molecule has 172 valence electrons. The molecule has 31 heavy (non-hydrogen) atoms. The second-order valence-electron chi connectivity index (χ2n) is 8.95. The van der Waals surface area contributed by atoms with Gasteiger partial charge in [-0.05, 0) is 30.4 Å². The van der Waals surface area contributed by atoms with E-state index in [2.05, 4.69) is 33.8 Å². The monoisotopic (exact) mass is 450 g/mol. The molecule has 3 rings (SSSR count). The molecule has 1 amide bonds. The van der Waals surface area contributed by atoms with Gasteiger partial charge in [0.1, 0.15) is 11.9 Å². The van der Waals surface area contributed by atoms with E-state index >= 15 is 0 Å². The van der Waals surface area contributed by atoms with E-state index in [1.807, 2.05) is 13.8 Å². The molecule has 0 aromatic heterocycles. The van der Waals surface area contributed by atoms with Crippen LogP contribution in [0.4, 0.5) is 0 Å². The molecule has 0 bridgehead atoms. The summed E-state index contributed by atoms with van der Waals surface area (Å²) < 4.78 is 32.7. The zero-order chi connectivity index (χ0) is 22.6. The lowest BCUT2D eigenvalue weighted by Gasteiger charge is -2.35. The fourth-order valence-electron chi connectivity index (χ4n) is 4.05. The average Bonchev–Trinajstić information content (AvgIpc) is 2.99. The molecule has 2 atom stereocenters. The highest BCUT2D eigenvalue weighted by Gasteiger charge is 2.33. The summed E-state index contributed by atoms with van der Waals surface area (Å²) in [5.74, 6) is 0.469. The predicted molar refractivity (Wildman–Crippen MR) is 121 cm³/mol. The topological polar surface area (TPSA) is 100 Å². The Kier molecular flexibility index (Phi) is 7.72. The van der Waals surface area contributed by atoms with Gasteiger partial charge in [0.25, 0.3) is 10.0 Å². The van der Waals surface area contributed by atoms with Gasteiger partial charge in [0.2, 0.25) is 5.91 Å². The Morgan fingerprint density at radius 2 is 1.87 bits per heavy atom. The Hall–Kier alpha value is -1.97. The summed E-state index contributed by atoms with van der Waals surface area (Å²) >= 11 is 0. The number of amidine groups is 1. The van der Waals surface area contributed by atoms with E-state index in [4.69, 9.17) is 4.74 Å². The Bertz CT molecular complexity index is 908. The van der Waals surface area contributed by atoms with Crippen LogP contribution in [0.5, 0.6) is 0 Å². The van der Waals surface area contributed by atoms with Crippen molar-refractivity contribution in [2.24, 2.45) is 16.8 Å². The average molecular weight is 451 g/mol. The van der Waals surface area contributed by atoms with Crippen molar-refractivity contribution >= 4 is 21.8 Å². The van der Waals surface area contributed by atoms with Crippen LogP contribution in [0, 0.1) is 11.8 Å². The maximum atomic E-state index is 13.1. The predicted octanol–water partition coefficient (Wildman–Crippen LogP) is 1.61. The Balaban J connectivity index is 1.74. The van der Waals surface area contributed by atoms with E-state index in [0.717, 1.165) is 19.5 Å². The molecule has 0 aliphatic carbocycles. The van der Waals surface area contributed by atoms with Gasteiger partial charge in [0.15, 0.2) is 0 Å². The van der Waals surface area contributed by atoms with Crippen molar-refractivity contribution in [3.63, 3.8) is 0 Å². The van der Waals surface area contributed by atoms with E-state index in [0.29, 0.717) is 31.2 Å². The first-order chi connectivity index (χ1) is 14.7. The molecule has 1 aromatic rings. The van der Waals surface area contributed by atoms with Crippen molar-refractivity contribution in [2.75, 3.05) is 32.8 Å². The molecule has 0 unspecified atom stereocenters.